The lowest BCUT2D eigenvalue weighted by Gasteiger charge is -2.33. The highest BCUT2D eigenvalue weighted by molar-refractivity contribution is 5.82. The predicted molar refractivity (Wildman–Crippen MR) is 72.1 cm³/mol. The van der Waals surface area contributed by atoms with Crippen molar-refractivity contribution in [3.63, 3.8) is 0 Å². The van der Waals surface area contributed by atoms with Gasteiger partial charge in [-0.3, -0.25) is 9.69 Å². The number of nitrogens with zero attached hydrogens (tertiary/aromatic N) is 1. The molecule has 2 atom stereocenters. The van der Waals surface area contributed by atoms with Crippen LogP contribution in [0.25, 0.3) is 0 Å². The monoisotopic (exact) mass is 263 g/mol. The van der Waals surface area contributed by atoms with Crippen molar-refractivity contribution in [2.24, 2.45) is 5.41 Å². The first-order chi connectivity index (χ1) is 8.97. The summed E-state index contributed by atoms with van der Waals surface area (Å²) in [6.07, 6.45) is -0.431. The topological polar surface area (TPSA) is 49.8 Å². The van der Waals surface area contributed by atoms with Crippen LogP contribution in [-0.4, -0.2) is 28.9 Å². The Labute approximate surface area is 114 Å². The predicted octanol–water partition coefficient (Wildman–Crippen LogP) is 2.30. The molecule has 19 heavy (non-hydrogen) atoms. The number of hydrogen-bond acceptors (Lipinski definition) is 3. The van der Waals surface area contributed by atoms with Crippen LogP contribution in [0.5, 0.6) is 0 Å². The molecule has 1 unspecified atom stereocenters. The third kappa shape index (κ3) is 2.65. The molecule has 0 aromatic heterocycles. The molecule has 0 radical (unpaired) electrons. The van der Waals surface area contributed by atoms with Crippen molar-refractivity contribution in [3.05, 3.63) is 35.9 Å². The standard InChI is InChI=1S/C15H21NO3/c1-4-15(2,3)13(17)16-12(10-19-14(16)18)11-8-6-5-7-9-11/h5-9,12,14,18H,4,10H2,1-3H3/t12-,14?/m0/s1. The van der Waals surface area contributed by atoms with Gasteiger partial charge in [0, 0.05) is 5.41 Å². The van der Waals surface area contributed by atoms with Crippen molar-refractivity contribution in [2.75, 3.05) is 6.61 Å². The number of carbonyl (C=O) groups is 1. The zero-order chi connectivity index (χ0) is 14.0. The van der Waals surface area contributed by atoms with Crippen molar-refractivity contribution in [2.45, 2.75) is 39.6 Å². The van der Waals surface area contributed by atoms with Crippen molar-refractivity contribution in [1.29, 1.82) is 0 Å². The SMILES string of the molecule is CCC(C)(C)C(=O)N1C(O)OC[C@H]1c1ccccc1. The van der Waals surface area contributed by atoms with E-state index in [1.54, 1.807) is 0 Å². The molecular formula is C15H21NO3. The number of rotatable bonds is 3. The number of amides is 1. The Morgan fingerprint density at radius 3 is 2.63 bits per heavy atom. The quantitative estimate of drug-likeness (QED) is 0.910. The van der Waals surface area contributed by atoms with Gasteiger partial charge in [0.25, 0.3) is 0 Å². The van der Waals surface area contributed by atoms with Crippen molar-refractivity contribution in [3.8, 4) is 0 Å². The van der Waals surface area contributed by atoms with Crippen LogP contribution in [0.15, 0.2) is 30.3 Å². The second-order valence-corrected chi connectivity index (χ2v) is 5.54. The molecule has 4 nitrogen and oxygen atoms in total. The zero-order valence-corrected chi connectivity index (χ0v) is 11.7. The maximum Gasteiger partial charge on any atom is 0.240 e. The van der Waals surface area contributed by atoms with Crippen LogP contribution < -0.4 is 0 Å². The van der Waals surface area contributed by atoms with Crippen LogP contribution >= 0.6 is 0 Å². The molecule has 104 valence electrons. The van der Waals surface area contributed by atoms with Crippen LogP contribution in [0.1, 0.15) is 38.8 Å². The maximum atomic E-state index is 12.6. The summed E-state index contributed by atoms with van der Waals surface area (Å²) < 4.78 is 5.25. The third-order valence-corrected chi connectivity index (χ3v) is 3.86. The minimum atomic E-state index is -1.15. The molecule has 1 saturated heterocycles. The molecule has 1 heterocycles. The summed E-state index contributed by atoms with van der Waals surface area (Å²) >= 11 is 0. The van der Waals surface area contributed by atoms with Gasteiger partial charge < -0.3 is 9.84 Å². The van der Waals surface area contributed by atoms with Gasteiger partial charge in [-0.2, -0.15) is 0 Å². The van der Waals surface area contributed by atoms with Gasteiger partial charge in [0.1, 0.15) is 0 Å². The molecule has 1 aromatic carbocycles. The van der Waals surface area contributed by atoms with Gasteiger partial charge in [-0.15, -0.1) is 0 Å². The number of ether oxygens (including phenoxy) is 1. The van der Waals surface area contributed by atoms with Crippen LogP contribution in [0, 0.1) is 5.41 Å². The first-order valence-corrected chi connectivity index (χ1v) is 6.64. The van der Waals surface area contributed by atoms with E-state index in [4.69, 9.17) is 4.74 Å². The van der Waals surface area contributed by atoms with Gasteiger partial charge >= 0.3 is 0 Å². The number of hydrogen-bond donors (Lipinski definition) is 1. The van der Waals surface area contributed by atoms with Gasteiger partial charge in [-0.25, -0.2) is 0 Å². The minimum Gasteiger partial charge on any atom is -0.351 e. The second-order valence-electron chi connectivity index (χ2n) is 5.54. The average molecular weight is 263 g/mol. The second kappa shape index (κ2) is 5.31. The molecule has 1 N–H and O–H groups in total. The van der Waals surface area contributed by atoms with E-state index in [9.17, 15) is 9.90 Å². The van der Waals surface area contributed by atoms with E-state index in [0.29, 0.717) is 6.61 Å². The molecule has 2 rings (SSSR count). The summed E-state index contributed by atoms with van der Waals surface area (Å²) in [7, 11) is 0. The first-order valence-electron chi connectivity index (χ1n) is 6.64. The van der Waals surface area contributed by atoms with E-state index < -0.39 is 11.8 Å². The fourth-order valence-electron chi connectivity index (χ4n) is 2.17. The number of aliphatic hydroxyl groups excluding tert-OH is 1. The molecule has 1 aliphatic rings. The van der Waals surface area contributed by atoms with E-state index in [0.717, 1.165) is 12.0 Å². The molecule has 1 amide bonds. The van der Waals surface area contributed by atoms with Gasteiger partial charge in [0.2, 0.25) is 12.3 Å². The smallest absolute Gasteiger partial charge is 0.240 e. The molecule has 0 spiro atoms. The van der Waals surface area contributed by atoms with Crippen molar-refractivity contribution < 1.29 is 14.6 Å². The highest BCUT2D eigenvalue weighted by atomic mass is 16.6. The van der Waals surface area contributed by atoms with Crippen LogP contribution in [0.4, 0.5) is 0 Å². The fourth-order valence-corrected chi connectivity index (χ4v) is 2.17. The molecule has 1 aliphatic heterocycles. The normalized spacial score (nSPS) is 23.7. The summed E-state index contributed by atoms with van der Waals surface area (Å²) in [6.45, 7) is 6.08. The van der Waals surface area contributed by atoms with E-state index in [1.807, 2.05) is 51.1 Å². The lowest BCUT2D eigenvalue weighted by atomic mass is 9.88. The highest BCUT2D eigenvalue weighted by Crippen LogP contribution is 2.34. The summed E-state index contributed by atoms with van der Waals surface area (Å²) in [5, 5.41) is 9.93. The maximum absolute atomic E-state index is 12.6. The Morgan fingerprint density at radius 1 is 1.42 bits per heavy atom. The molecule has 4 heteroatoms. The van der Waals surface area contributed by atoms with E-state index in [-0.39, 0.29) is 11.9 Å². The van der Waals surface area contributed by atoms with E-state index in [2.05, 4.69) is 0 Å². The van der Waals surface area contributed by atoms with Gasteiger partial charge in [-0.05, 0) is 12.0 Å². The summed E-state index contributed by atoms with van der Waals surface area (Å²) in [6, 6.07) is 9.46. The molecule has 1 fully saturated rings. The number of aliphatic hydroxyl groups is 1. The lowest BCUT2D eigenvalue weighted by molar-refractivity contribution is -0.173. The summed E-state index contributed by atoms with van der Waals surface area (Å²) in [4.78, 5) is 14.0. The van der Waals surface area contributed by atoms with E-state index >= 15 is 0 Å². The van der Waals surface area contributed by atoms with Crippen LogP contribution in [0.2, 0.25) is 0 Å². The Bertz CT molecular complexity index is 444. The fraction of sp³-hybridized carbons (Fsp3) is 0.533. The van der Waals surface area contributed by atoms with Gasteiger partial charge in [0.05, 0.1) is 12.6 Å². The number of carbonyl (C=O) groups excluding carboxylic acids is 1. The first kappa shape index (κ1) is 14.0. The largest absolute Gasteiger partial charge is 0.351 e. The van der Waals surface area contributed by atoms with Gasteiger partial charge in [0.15, 0.2) is 0 Å². The Balaban J connectivity index is 2.29. The highest BCUT2D eigenvalue weighted by Gasteiger charge is 2.42. The molecule has 0 saturated carbocycles. The van der Waals surface area contributed by atoms with E-state index in [1.165, 1.54) is 4.90 Å². The minimum absolute atomic E-state index is 0.0751. The lowest BCUT2D eigenvalue weighted by Crippen LogP contribution is -2.45. The van der Waals surface area contributed by atoms with Crippen LogP contribution in [0.3, 0.4) is 0 Å². The third-order valence-electron chi connectivity index (χ3n) is 3.86. The summed E-state index contributed by atoms with van der Waals surface area (Å²) in [5.41, 5.74) is 0.487. The van der Waals surface area contributed by atoms with Crippen LogP contribution in [-0.2, 0) is 9.53 Å². The van der Waals surface area contributed by atoms with Crippen molar-refractivity contribution >= 4 is 5.91 Å². The Kier molecular flexibility index (Phi) is 3.92. The van der Waals surface area contributed by atoms with Crippen molar-refractivity contribution in [1.82, 2.24) is 4.90 Å². The molecule has 0 aliphatic carbocycles. The molecule has 0 bridgehead atoms. The average Bonchev–Trinajstić information content (AvgIpc) is 2.80. The summed E-state index contributed by atoms with van der Waals surface area (Å²) in [5.74, 6) is -0.0751. The molecule has 1 aromatic rings. The van der Waals surface area contributed by atoms with Gasteiger partial charge in [-0.1, -0.05) is 51.1 Å². The zero-order valence-electron chi connectivity index (χ0n) is 11.7. The Hall–Kier alpha value is -1.39. The molecular weight excluding hydrogens is 242 g/mol. The Morgan fingerprint density at radius 2 is 2.05 bits per heavy atom. The number of benzene rings is 1.